The molecule has 1 atom stereocenters. The first-order chi connectivity index (χ1) is 15.4. The Morgan fingerprint density at radius 1 is 0.969 bits per heavy atom. The van der Waals surface area contributed by atoms with Crippen molar-refractivity contribution in [2.75, 3.05) is 13.1 Å². The van der Waals surface area contributed by atoms with Gasteiger partial charge < -0.3 is 14.5 Å². The van der Waals surface area contributed by atoms with Gasteiger partial charge in [0.15, 0.2) is 5.66 Å². The summed E-state index contributed by atoms with van der Waals surface area (Å²) in [6, 6.07) is 19.9. The number of benzene rings is 3. The minimum atomic E-state index is -2.95. The quantitative estimate of drug-likeness (QED) is 0.571. The van der Waals surface area contributed by atoms with Crippen LogP contribution in [0.15, 0.2) is 72.8 Å². The molecule has 0 aliphatic carbocycles. The average molecular weight is 455 g/mol. The zero-order chi connectivity index (χ0) is 22.5. The van der Waals surface area contributed by atoms with Crippen LogP contribution in [-0.2, 0) is 5.66 Å². The molecule has 32 heavy (non-hydrogen) atoms. The van der Waals surface area contributed by atoms with Crippen LogP contribution in [0.1, 0.15) is 31.8 Å². The van der Waals surface area contributed by atoms with Crippen molar-refractivity contribution in [1.82, 2.24) is 9.80 Å². The van der Waals surface area contributed by atoms with Crippen molar-refractivity contribution >= 4 is 23.4 Å². The van der Waals surface area contributed by atoms with E-state index in [-0.39, 0.29) is 17.6 Å². The maximum Gasteiger partial charge on any atom is 0.387 e. The van der Waals surface area contributed by atoms with E-state index in [9.17, 15) is 18.4 Å². The molecule has 1 unspecified atom stereocenters. The lowest BCUT2D eigenvalue weighted by molar-refractivity contribution is -0.0498. The number of hydrogen-bond acceptors (Lipinski definition) is 3. The van der Waals surface area contributed by atoms with Gasteiger partial charge in [0.2, 0.25) is 0 Å². The summed E-state index contributed by atoms with van der Waals surface area (Å²) in [5.74, 6) is -0.504. The second-order valence-electron chi connectivity index (χ2n) is 7.54. The number of hydrogen-bond donors (Lipinski definition) is 0. The fourth-order valence-corrected chi connectivity index (χ4v) is 4.79. The van der Waals surface area contributed by atoms with Crippen molar-refractivity contribution < 1.29 is 23.1 Å². The molecule has 2 aliphatic heterocycles. The molecular formula is C24H17ClF2N2O3. The molecule has 0 bridgehead atoms. The van der Waals surface area contributed by atoms with Gasteiger partial charge in [0.05, 0.1) is 0 Å². The van der Waals surface area contributed by atoms with Crippen molar-refractivity contribution in [3.8, 4) is 5.75 Å². The van der Waals surface area contributed by atoms with Crippen molar-refractivity contribution in [3.63, 3.8) is 0 Å². The molecular weight excluding hydrogens is 438 g/mol. The smallest absolute Gasteiger partial charge is 0.387 e. The van der Waals surface area contributed by atoms with Gasteiger partial charge >= 0.3 is 6.61 Å². The highest BCUT2D eigenvalue weighted by Crippen LogP contribution is 2.50. The number of amides is 2. The molecule has 0 aromatic heterocycles. The first-order valence-corrected chi connectivity index (χ1v) is 10.3. The standard InChI is InChI=1S/C24H17ClF2N2O3/c25-17-9-7-16(8-10-17)24-20-4-2-1-3-19(20)22(31)29(24)14-13-28(24)21(30)15-5-11-18(12-6-15)32-23(26)27/h1-12,23H,13-14H2. The zero-order valence-corrected chi connectivity index (χ0v) is 17.4. The number of carbonyl (C=O) groups excluding carboxylic acids is 2. The molecule has 1 saturated heterocycles. The van der Waals surface area contributed by atoms with Crippen molar-refractivity contribution in [2.45, 2.75) is 12.3 Å². The Morgan fingerprint density at radius 2 is 1.66 bits per heavy atom. The van der Waals surface area contributed by atoms with Gasteiger partial charge in [-0.1, -0.05) is 41.9 Å². The normalized spacial score (nSPS) is 19.3. The van der Waals surface area contributed by atoms with E-state index in [1.54, 1.807) is 34.1 Å². The van der Waals surface area contributed by atoms with E-state index in [1.807, 2.05) is 24.3 Å². The Bertz CT molecular complexity index is 1200. The highest BCUT2D eigenvalue weighted by atomic mass is 35.5. The summed E-state index contributed by atoms with van der Waals surface area (Å²) in [6.45, 7) is -2.27. The Kier molecular flexibility index (Phi) is 4.86. The largest absolute Gasteiger partial charge is 0.435 e. The molecule has 0 saturated carbocycles. The topological polar surface area (TPSA) is 49.9 Å². The van der Waals surface area contributed by atoms with E-state index in [4.69, 9.17) is 11.6 Å². The summed E-state index contributed by atoms with van der Waals surface area (Å²) in [5.41, 5.74) is 1.19. The fraction of sp³-hybridized carbons (Fsp3) is 0.167. The zero-order valence-electron chi connectivity index (χ0n) is 16.7. The van der Waals surface area contributed by atoms with Crippen LogP contribution >= 0.6 is 11.6 Å². The van der Waals surface area contributed by atoms with Crippen molar-refractivity contribution in [3.05, 3.63) is 100 Å². The second kappa shape index (κ2) is 7.60. The van der Waals surface area contributed by atoms with Gasteiger partial charge in [-0.2, -0.15) is 8.78 Å². The lowest BCUT2D eigenvalue weighted by atomic mass is 9.89. The number of fused-ring (bicyclic) bond motifs is 3. The van der Waals surface area contributed by atoms with Crippen LogP contribution in [0.5, 0.6) is 5.75 Å². The van der Waals surface area contributed by atoms with Crippen LogP contribution in [0.4, 0.5) is 8.78 Å². The molecule has 1 fully saturated rings. The molecule has 2 heterocycles. The summed E-state index contributed by atoms with van der Waals surface area (Å²) in [4.78, 5) is 30.3. The number of alkyl halides is 2. The maximum atomic E-state index is 13.7. The molecule has 3 aromatic rings. The van der Waals surface area contributed by atoms with E-state index in [1.165, 1.54) is 24.3 Å². The predicted octanol–water partition coefficient (Wildman–Crippen LogP) is 4.75. The van der Waals surface area contributed by atoms with Gasteiger partial charge in [0.25, 0.3) is 11.8 Å². The fourth-order valence-electron chi connectivity index (χ4n) is 4.66. The van der Waals surface area contributed by atoms with Gasteiger partial charge in [0.1, 0.15) is 5.75 Å². The molecule has 0 N–H and O–H groups in total. The van der Waals surface area contributed by atoms with Crippen LogP contribution in [0.2, 0.25) is 5.02 Å². The SMILES string of the molecule is O=C(c1ccc(OC(F)F)cc1)N1CCN2C(=O)c3ccccc3C12c1ccc(Cl)cc1. The van der Waals surface area contributed by atoms with Crippen LogP contribution in [-0.4, -0.2) is 41.3 Å². The van der Waals surface area contributed by atoms with Gasteiger partial charge in [-0.3, -0.25) is 9.59 Å². The third-order valence-corrected chi connectivity index (χ3v) is 6.18. The van der Waals surface area contributed by atoms with Gasteiger partial charge in [-0.05, 0) is 42.5 Å². The van der Waals surface area contributed by atoms with Crippen LogP contribution in [0, 0.1) is 0 Å². The molecule has 2 amide bonds. The monoisotopic (exact) mass is 454 g/mol. The third kappa shape index (κ3) is 2.96. The minimum Gasteiger partial charge on any atom is -0.435 e. The summed E-state index contributed by atoms with van der Waals surface area (Å²) in [5, 5.41) is 0.541. The summed E-state index contributed by atoms with van der Waals surface area (Å²) in [7, 11) is 0. The maximum absolute atomic E-state index is 13.7. The Balaban J connectivity index is 1.63. The highest BCUT2D eigenvalue weighted by molar-refractivity contribution is 6.30. The number of nitrogens with zero attached hydrogens (tertiary/aromatic N) is 2. The molecule has 2 aliphatic rings. The summed E-state index contributed by atoms with van der Waals surface area (Å²) >= 11 is 6.11. The molecule has 5 rings (SSSR count). The van der Waals surface area contributed by atoms with Gasteiger partial charge in [0, 0.05) is 40.4 Å². The summed E-state index contributed by atoms with van der Waals surface area (Å²) in [6.07, 6.45) is 0. The lowest BCUT2D eigenvalue weighted by Crippen LogP contribution is -2.51. The van der Waals surface area contributed by atoms with Crippen molar-refractivity contribution in [1.29, 1.82) is 0 Å². The molecule has 162 valence electrons. The number of ether oxygens (including phenoxy) is 1. The number of rotatable bonds is 4. The Labute approximate surface area is 187 Å². The van der Waals surface area contributed by atoms with Gasteiger partial charge in [-0.15, -0.1) is 0 Å². The first kappa shape index (κ1) is 20.5. The van der Waals surface area contributed by atoms with Crippen LogP contribution in [0.3, 0.4) is 0 Å². The third-order valence-electron chi connectivity index (χ3n) is 5.93. The molecule has 0 radical (unpaired) electrons. The number of halogens is 3. The Hall–Kier alpha value is -3.45. The first-order valence-electron chi connectivity index (χ1n) is 9.97. The average Bonchev–Trinajstić information content (AvgIpc) is 3.30. The molecule has 3 aromatic carbocycles. The molecule has 8 heteroatoms. The van der Waals surface area contributed by atoms with Gasteiger partial charge in [-0.25, -0.2) is 0 Å². The second-order valence-corrected chi connectivity index (χ2v) is 7.98. The Morgan fingerprint density at radius 3 is 2.34 bits per heavy atom. The molecule has 5 nitrogen and oxygen atoms in total. The van der Waals surface area contributed by atoms with E-state index in [0.29, 0.717) is 29.2 Å². The lowest BCUT2D eigenvalue weighted by Gasteiger charge is -2.40. The van der Waals surface area contributed by atoms with E-state index >= 15 is 0 Å². The molecule has 0 spiro atoms. The predicted molar refractivity (Wildman–Crippen MR) is 114 cm³/mol. The van der Waals surface area contributed by atoms with Crippen molar-refractivity contribution in [2.24, 2.45) is 0 Å². The van der Waals surface area contributed by atoms with E-state index in [0.717, 1.165) is 11.1 Å². The van der Waals surface area contributed by atoms with Crippen LogP contribution < -0.4 is 4.74 Å². The minimum absolute atomic E-state index is 0.0339. The van der Waals surface area contributed by atoms with E-state index in [2.05, 4.69) is 4.74 Å². The van der Waals surface area contributed by atoms with Crippen LogP contribution in [0.25, 0.3) is 0 Å². The van der Waals surface area contributed by atoms with E-state index < -0.39 is 12.3 Å². The highest BCUT2D eigenvalue weighted by Gasteiger charge is 2.59. The number of carbonyl (C=O) groups is 2. The summed E-state index contributed by atoms with van der Waals surface area (Å²) < 4.78 is 29.3.